The molecular formula is C21H21BrN2O3S. The topological polar surface area (TPSA) is 51.7 Å². The number of hydrogen-bond acceptors (Lipinski definition) is 5. The van der Waals surface area contributed by atoms with Crippen LogP contribution in [0.15, 0.2) is 40.9 Å². The molecule has 1 saturated heterocycles. The maximum atomic E-state index is 13.3. The molecule has 0 bridgehead atoms. The maximum Gasteiger partial charge on any atom is 0.257 e. The second-order valence-electron chi connectivity index (χ2n) is 6.80. The number of fused-ring (bicyclic) bond motifs is 1. The number of nitrogens with zero attached hydrogens (tertiary/aromatic N) is 2. The van der Waals surface area contributed by atoms with Crippen molar-refractivity contribution in [1.29, 1.82) is 0 Å². The molecule has 1 fully saturated rings. The molecule has 2 aromatic carbocycles. The Hall–Kier alpha value is -2.12. The van der Waals surface area contributed by atoms with Crippen LogP contribution in [-0.2, 0) is 0 Å². The van der Waals surface area contributed by atoms with Gasteiger partial charge in [-0.1, -0.05) is 12.1 Å². The molecule has 0 radical (unpaired) electrons. The first-order chi connectivity index (χ1) is 13.6. The summed E-state index contributed by atoms with van der Waals surface area (Å²) in [6, 6.07) is 11.7. The molecule has 5 nitrogen and oxygen atoms in total. The van der Waals surface area contributed by atoms with E-state index in [4.69, 9.17) is 14.5 Å². The number of likely N-dealkylation sites (tertiary alicyclic amines) is 1. The number of thiazole rings is 1. The largest absolute Gasteiger partial charge is 0.497 e. The van der Waals surface area contributed by atoms with E-state index in [1.54, 1.807) is 37.7 Å². The molecular weight excluding hydrogens is 440 g/mol. The van der Waals surface area contributed by atoms with Crippen LogP contribution in [0.3, 0.4) is 0 Å². The third-order valence-electron chi connectivity index (χ3n) is 5.06. The van der Waals surface area contributed by atoms with Gasteiger partial charge in [-0.05, 0) is 53.0 Å². The van der Waals surface area contributed by atoms with Crippen molar-refractivity contribution in [2.24, 2.45) is 0 Å². The Morgan fingerprint density at radius 1 is 1.25 bits per heavy atom. The van der Waals surface area contributed by atoms with E-state index in [2.05, 4.69) is 22.0 Å². The number of rotatable bonds is 4. The molecule has 0 aliphatic carbocycles. The number of amides is 1. The SMILES string of the molecule is COc1cc(Br)c(OC)c(C(=O)N2CCCC(c3nc4ccccc4s3)C2)c1. The Labute approximate surface area is 176 Å². The van der Waals surface area contributed by atoms with Crippen LogP contribution in [0.25, 0.3) is 10.2 Å². The molecule has 7 heteroatoms. The third kappa shape index (κ3) is 3.61. The van der Waals surface area contributed by atoms with Gasteiger partial charge in [0.25, 0.3) is 5.91 Å². The second kappa shape index (κ2) is 8.09. The van der Waals surface area contributed by atoms with Crippen LogP contribution in [0.4, 0.5) is 0 Å². The summed E-state index contributed by atoms with van der Waals surface area (Å²) in [5, 5.41) is 1.11. The van der Waals surface area contributed by atoms with E-state index in [0.717, 1.165) is 29.9 Å². The summed E-state index contributed by atoms with van der Waals surface area (Å²) in [5.74, 6) is 1.38. The van der Waals surface area contributed by atoms with Crippen LogP contribution < -0.4 is 9.47 Å². The highest BCUT2D eigenvalue weighted by atomic mass is 79.9. The average Bonchev–Trinajstić information content (AvgIpc) is 3.17. The lowest BCUT2D eigenvalue weighted by Crippen LogP contribution is -2.39. The summed E-state index contributed by atoms with van der Waals surface area (Å²) in [7, 11) is 3.16. The van der Waals surface area contributed by atoms with Gasteiger partial charge in [-0.3, -0.25) is 4.79 Å². The van der Waals surface area contributed by atoms with Gasteiger partial charge in [0, 0.05) is 19.0 Å². The van der Waals surface area contributed by atoms with E-state index in [9.17, 15) is 4.79 Å². The third-order valence-corrected chi connectivity index (χ3v) is 6.84. The number of halogens is 1. The van der Waals surface area contributed by atoms with Crippen molar-refractivity contribution < 1.29 is 14.3 Å². The molecule has 0 spiro atoms. The highest BCUT2D eigenvalue weighted by Gasteiger charge is 2.29. The van der Waals surface area contributed by atoms with Crippen molar-refractivity contribution in [2.75, 3.05) is 27.3 Å². The molecule has 1 amide bonds. The molecule has 146 valence electrons. The molecule has 0 N–H and O–H groups in total. The summed E-state index contributed by atoms with van der Waals surface area (Å²) >= 11 is 5.20. The zero-order valence-electron chi connectivity index (χ0n) is 15.8. The first kappa shape index (κ1) is 19.2. The van der Waals surface area contributed by atoms with Crippen molar-refractivity contribution in [2.45, 2.75) is 18.8 Å². The summed E-state index contributed by atoms with van der Waals surface area (Å²) < 4.78 is 12.7. The van der Waals surface area contributed by atoms with Gasteiger partial charge in [0.05, 0.1) is 39.5 Å². The standard InChI is InChI=1S/C21H21BrN2O3S/c1-26-14-10-15(19(27-2)16(22)11-14)21(25)24-9-5-6-13(12-24)20-23-17-7-3-4-8-18(17)28-20/h3-4,7-8,10-11,13H,5-6,9,12H2,1-2H3. The van der Waals surface area contributed by atoms with Crippen LogP contribution >= 0.6 is 27.3 Å². The van der Waals surface area contributed by atoms with Gasteiger partial charge < -0.3 is 14.4 Å². The van der Waals surface area contributed by atoms with Crippen molar-refractivity contribution in [3.63, 3.8) is 0 Å². The second-order valence-corrected chi connectivity index (χ2v) is 8.72. The van der Waals surface area contributed by atoms with Crippen molar-refractivity contribution >= 4 is 43.4 Å². The van der Waals surface area contributed by atoms with E-state index in [-0.39, 0.29) is 11.8 Å². The highest BCUT2D eigenvalue weighted by molar-refractivity contribution is 9.10. The Morgan fingerprint density at radius 2 is 2.07 bits per heavy atom. The molecule has 2 heterocycles. The predicted molar refractivity (Wildman–Crippen MR) is 115 cm³/mol. The number of ether oxygens (including phenoxy) is 2. The minimum atomic E-state index is -0.0396. The van der Waals surface area contributed by atoms with E-state index >= 15 is 0 Å². The van der Waals surface area contributed by atoms with Gasteiger partial charge >= 0.3 is 0 Å². The van der Waals surface area contributed by atoms with Crippen LogP contribution in [0.1, 0.15) is 34.1 Å². The normalized spacial score (nSPS) is 17.0. The number of benzene rings is 2. The van der Waals surface area contributed by atoms with Gasteiger partial charge in [-0.25, -0.2) is 4.98 Å². The molecule has 1 unspecified atom stereocenters. The fraction of sp³-hybridized carbons (Fsp3) is 0.333. The fourth-order valence-corrected chi connectivity index (χ4v) is 5.35. The first-order valence-electron chi connectivity index (χ1n) is 9.17. The van der Waals surface area contributed by atoms with Gasteiger partial charge in [-0.15, -0.1) is 11.3 Å². The summed E-state index contributed by atoms with van der Waals surface area (Å²) in [6.07, 6.45) is 2.00. The summed E-state index contributed by atoms with van der Waals surface area (Å²) in [4.78, 5) is 20.0. The average molecular weight is 461 g/mol. The highest BCUT2D eigenvalue weighted by Crippen LogP contribution is 2.37. The number of carbonyl (C=O) groups excluding carboxylic acids is 1. The van der Waals surface area contributed by atoms with E-state index < -0.39 is 0 Å². The van der Waals surface area contributed by atoms with Crippen molar-refractivity contribution in [3.05, 3.63) is 51.4 Å². The van der Waals surface area contributed by atoms with Crippen LogP contribution in [0.2, 0.25) is 0 Å². The summed E-state index contributed by atoms with van der Waals surface area (Å²) in [6.45, 7) is 1.40. The Bertz CT molecular complexity index is 987. The van der Waals surface area contributed by atoms with Gasteiger partial charge in [0.1, 0.15) is 11.5 Å². The Balaban J connectivity index is 1.61. The number of carbonyl (C=O) groups is 1. The Kier molecular flexibility index (Phi) is 5.55. The molecule has 1 aromatic heterocycles. The van der Waals surface area contributed by atoms with E-state index in [1.807, 2.05) is 23.1 Å². The lowest BCUT2D eigenvalue weighted by Gasteiger charge is -2.32. The van der Waals surface area contributed by atoms with E-state index in [1.165, 1.54) is 4.70 Å². The van der Waals surface area contributed by atoms with Gasteiger partial charge in [0.2, 0.25) is 0 Å². The number of methoxy groups -OCH3 is 2. The number of para-hydroxylation sites is 1. The monoisotopic (exact) mass is 460 g/mol. The number of aromatic nitrogens is 1. The lowest BCUT2D eigenvalue weighted by molar-refractivity contribution is 0.0703. The van der Waals surface area contributed by atoms with Crippen LogP contribution in [0.5, 0.6) is 11.5 Å². The van der Waals surface area contributed by atoms with Crippen molar-refractivity contribution in [3.8, 4) is 11.5 Å². The number of hydrogen-bond donors (Lipinski definition) is 0. The van der Waals surface area contributed by atoms with E-state index in [0.29, 0.717) is 28.1 Å². The molecule has 0 saturated carbocycles. The number of piperidine rings is 1. The molecule has 3 aromatic rings. The molecule has 1 aliphatic heterocycles. The molecule has 1 aliphatic rings. The van der Waals surface area contributed by atoms with Crippen LogP contribution in [0, 0.1) is 0 Å². The Morgan fingerprint density at radius 3 is 2.82 bits per heavy atom. The van der Waals surface area contributed by atoms with Gasteiger partial charge in [0.15, 0.2) is 0 Å². The maximum absolute atomic E-state index is 13.3. The fourth-order valence-electron chi connectivity index (χ4n) is 3.65. The molecule has 1 atom stereocenters. The predicted octanol–water partition coefficient (Wildman–Crippen LogP) is 5.10. The smallest absolute Gasteiger partial charge is 0.257 e. The molecule has 4 rings (SSSR count). The summed E-state index contributed by atoms with van der Waals surface area (Å²) in [5.41, 5.74) is 1.54. The zero-order valence-corrected chi connectivity index (χ0v) is 18.2. The first-order valence-corrected chi connectivity index (χ1v) is 10.8. The quantitative estimate of drug-likeness (QED) is 0.543. The van der Waals surface area contributed by atoms with Crippen LogP contribution in [-0.4, -0.2) is 43.1 Å². The van der Waals surface area contributed by atoms with Gasteiger partial charge in [-0.2, -0.15) is 0 Å². The van der Waals surface area contributed by atoms with Crippen molar-refractivity contribution in [1.82, 2.24) is 9.88 Å². The zero-order chi connectivity index (χ0) is 19.7. The minimum Gasteiger partial charge on any atom is -0.497 e. The molecule has 28 heavy (non-hydrogen) atoms. The minimum absolute atomic E-state index is 0.0396. The lowest BCUT2D eigenvalue weighted by atomic mass is 9.98.